The molecule has 0 bridgehead atoms. The number of methoxy groups -OCH3 is 2. The summed E-state index contributed by atoms with van der Waals surface area (Å²) in [6.07, 6.45) is 1.44. The Morgan fingerprint density at radius 2 is 1.87 bits per heavy atom. The van der Waals surface area contributed by atoms with E-state index in [1.165, 1.54) is 11.8 Å². The first-order valence-corrected chi connectivity index (χ1v) is 11.9. The predicted octanol–water partition coefficient (Wildman–Crippen LogP) is 5.45. The van der Waals surface area contributed by atoms with Crippen molar-refractivity contribution in [2.45, 2.75) is 31.9 Å². The Labute approximate surface area is 196 Å². The van der Waals surface area contributed by atoms with Gasteiger partial charge in [-0.1, -0.05) is 18.7 Å². The molecule has 1 saturated heterocycles. The second-order valence-corrected chi connectivity index (χ2v) is 8.96. The first-order chi connectivity index (χ1) is 15.0. The van der Waals surface area contributed by atoms with Gasteiger partial charge in [0.2, 0.25) is 5.91 Å². The van der Waals surface area contributed by atoms with E-state index in [0.29, 0.717) is 31.1 Å². The molecule has 2 aromatic rings. The fourth-order valence-electron chi connectivity index (χ4n) is 3.31. The number of rotatable bonds is 9. The zero-order chi connectivity index (χ0) is 22.4. The van der Waals surface area contributed by atoms with Crippen molar-refractivity contribution < 1.29 is 19.0 Å². The van der Waals surface area contributed by atoms with E-state index in [9.17, 15) is 4.79 Å². The molecule has 3 rings (SSSR count). The maximum absolute atomic E-state index is 13.1. The fraction of sp³-hybridized carbons (Fsp3) is 0.391. The number of carbonyl (C=O) groups excluding carboxylic acids is 1. The fourth-order valence-corrected chi connectivity index (χ4v) is 5.14. The third-order valence-corrected chi connectivity index (χ3v) is 6.53. The summed E-state index contributed by atoms with van der Waals surface area (Å²) in [5.41, 5.74) is 1.79. The predicted molar refractivity (Wildman–Crippen MR) is 129 cm³/mol. The normalized spacial score (nSPS) is 17.3. The molecule has 1 heterocycles. The summed E-state index contributed by atoms with van der Waals surface area (Å²) in [5.74, 6) is 2.19. The lowest BCUT2D eigenvalue weighted by molar-refractivity contribution is -0.126. The molecule has 6 nitrogen and oxygen atoms in total. The molecular weight excluding hydrogens is 480 g/mol. The lowest BCUT2D eigenvalue weighted by atomic mass is 10.1. The molecule has 1 aliphatic heterocycles. The van der Waals surface area contributed by atoms with Gasteiger partial charge in [-0.15, -0.1) is 0 Å². The van der Waals surface area contributed by atoms with E-state index in [0.717, 1.165) is 33.1 Å². The van der Waals surface area contributed by atoms with Crippen LogP contribution < -0.4 is 14.2 Å². The highest BCUT2D eigenvalue weighted by Crippen LogP contribution is 2.39. The van der Waals surface area contributed by atoms with Gasteiger partial charge in [-0.05, 0) is 77.7 Å². The quantitative estimate of drug-likeness (QED) is 0.452. The monoisotopic (exact) mass is 506 g/mol. The summed E-state index contributed by atoms with van der Waals surface area (Å²) in [5, 5.41) is 0.497. The Balaban J connectivity index is 1.84. The SMILES string of the molecule is CCCN1C(=O)[C@H](Cc2cc(Br)c(OCC)c(OC)c2)SC1=Nc1ccc(OC)cc1. The number of carbonyl (C=O) groups is 1. The number of benzene rings is 2. The van der Waals surface area contributed by atoms with Crippen molar-refractivity contribution >= 4 is 44.5 Å². The maximum atomic E-state index is 13.1. The van der Waals surface area contributed by atoms with Crippen LogP contribution in [0.3, 0.4) is 0 Å². The van der Waals surface area contributed by atoms with Gasteiger partial charge in [0.1, 0.15) is 5.75 Å². The molecule has 1 amide bonds. The molecule has 0 aromatic heterocycles. The highest BCUT2D eigenvalue weighted by molar-refractivity contribution is 9.10. The molecule has 0 aliphatic carbocycles. The number of hydrogen-bond donors (Lipinski definition) is 0. The summed E-state index contributed by atoms with van der Waals surface area (Å²) in [4.78, 5) is 19.7. The topological polar surface area (TPSA) is 60.4 Å². The minimum absolute atomic E-state index is 0.0862. The average molecular weight is 507 g/mol. The molecule has 0 spiro atoms. The van der Waals surface area contributed by atoms with Crippen LogP contribution in [-0.4, -0.2) is 48.6 Å². The zero-order valence-electron chi connectivity index (χ0n) is 18.2. The van der Waals surface area contributed by atoms with Gasteiger partial charge < -0.3 is 14.2 Å². The molecule has 0 saturated carbocycles. The van der Waals surface area contributed by atoms with Crippen LogP contribution in [0.2, 0.25) is 0 Å². The summed E-state index contributed by atoms with van der Waals surface area (Å²) < 4.78 is 17.2. The first kappa shape index (κ1) is 23.5. The number of amidine groups is 1. The van der Waals surface area contributed by atoms with Gasteiger partial charge in [0.25, 0.3) is 0 Å². The molecule has 166 valence electrons. The largest absolute Gasteiger partial charge is 0.497 e. The van der Waals surface area contributed by atoms with Crippen LogP contribution in [0, 0.1) is 0 Å². The van der Waals surface area contributed by atoms with Crippen molar-refractivity contribution in [3.05, 3.63) is 46.4 Å². The van der Waals surface area contributed by atoms with Crippen molar-refractivity contribution in [2.75, 3.05) is 27.4 Å². The van der Waals surface area contributed by atoms with Gasteiger partial charge in [-0.25, -0.2) is 4.99 Å². The third-order valence-electron chi connectivity index (χ3n) is 4.76. The number of amides is 1. The van der Waals surface area contributed by atoms with Gasteiger partial charge in [0.15, 0.2) is 16.7 Å². The van der Waals surface area contributed by atoms with Gasteiger partial charge in [0.05, 0.1) is 36.2 Å². The second kappa shape index (κ2) is 10.9. The molecule has 0 unspecified atom stereocenters. The van der Waals surface area contributed by atoms with Crippen LogP contribution in [0.4, 0.5) is 5.69 Å². The minimum atomic E-state index is -0.238. The van der Waals surface area contributed by atoms with Crippen molar-refractivity contribution in [1.29, 1.82) is 0 Å². The molecule has 1 fully saturated rings. The Morgan fingerprint density at radius 1 is 1.13 bits per heavy atom. The van der Waals surface area contributed by atoms with Crippen LogP contribution in [-0.2, 0) is 11.2 Å². The van der Waals surface area contributed by atoms with Crippen molar-refractivity contribution in [2.24, 2.45) is 4.99 Å². The number of hydrogen-bond acceptors (Lipinski definition) is 6. The highest BCUT2D eigenvalue weighted by atomic mass is 79.9. The Bertz CT molecular complexity index is 949. The molecule has 1 atom stereocenters. The van der Waals surface area contributed by atoms with E-state index in [2.05, 4.69) is 22.9 Å². The average Bonchev–Trinajstić information content (AvgIpc) is 3.05. The molecular formula is C23H27BrN2O4S. The van der Waals surface area contributed by atoms with Crippen LogP contribution in [0.15, 0.2) is 45.9 Å². The van der Waals surface area contributed by atoms with Crippen molar-refractivity contribution in [1.82, 2.24) is 4.90 Å². The van der Waals surface area contributed by atoms with Crippen molar-refractivity contribution in [3.8, 4) is 17.2 Å². The Morgan fingerprint density at radius 3 is 2.48 bits per heavy atom. The van der Waals surface area contributed by atoms with Crippen LogP contribution in [0.1, 0.15) is 25.8 Å². The second-order valence-electron chi connectivity index (χ2n) is 6.93. The van der Waals surface area contributed by atoms with E-state index in [1.807, 2.05) is 43.3 Å². The smallest absolute Gasteiger partial charge is 0.242 e. The van der Waals surface area contributed by atoms with Gasteiger partial charge in [-0.2, -0.15) is 0 Å². The van der Waals surface area contributed by atoms with Gasteiger partial charge in [-0.3, -0.25) is 9.69 Å². The van der Waals surface area contributed by atoms with Gasteiger partial charge >= 0.3 is 0 Å². The zero-order valence-corrected chi connectivity index (χ0v) is 20.6. The number of aliphatic imine (C=N–C) groups is 1. The Hall–Kier alpha value is -2.19. The summed E-state index contributed by atoms with van der Waals surface area (Å²) >= 11 is 5.08. The minimum Gasteiger partial charge on any atom is -0.497 e. The van der Waals surface area contributed by atoms with E-state index < -0.39 is 0 Å². The molecule has 0 radical (unpaired) electrons. The molecule has 31 heavy (non-hydrogen) atoms. The molecule has 0 N–H and O–H groups in total. The lowest BCUT2D eigenvalue weighted by Gasteiger charge is -2.16. The van der Waals surface area contributed by atoms with Crippen LogP contribution in [0.5, 0.6) is 17.2 Å². The molecule has 1 aliphatic rings. The molecule has 8 heteroatoms. The highest BCUT2D eigenvalue weighted by Gasteiger charge is 2.37. The summed E-state index contributed by atoms with van der Waals surface area (Å²) in [6.45, 7) is 5.18. The van der Waals surface area contributed by atoms with Crippen LogP contribution in [0.25, 0.3) is 0 Å². The van der Waals surface area contributed by atoms with Crippen LogP contribution >= 0.6 is 27.7 Å². The molecule has 2 aromatic carbocycles. The lowest BCUT2D eigenvalue weighted by Crippen LogP contribution is -2.33. The standard InChI is InChI=1S/C23H27BrN2O4S/c1-5-11-26-22(27)20(31-23(26)25-16-7-9-17(28-3)10-8-16)14-15-12-18(24)21(30-6-2)19(13-15)29-4/h7-10,12-13,20H,5-6,11,14H2,1-4H3/t20-/m0/s1. The van der Waals surface area contributed by atoms with E-state index in [4.69, 9.17) is 19.2 Å². The number of ether oxygens (including phenoxy) is 3. The van der Waals surface area contributed by atoms with E-state index in [-0.39, 0.29) is 11.2 Å². The number of thioether (sulfide) groups is 1. The summed E-state index contributed by atoms with van der Waals surface area (Å²) in [7, 11) is 3.25. The number of halogens is 1. The van der Waals surface area contributed by atoms with Crippen molar-refractivity contribution in [3.63, 3.8) is 0 Å². The first-order valence-electron chi connectivity index (χ1n) is 10.2. The number of nitrogens with zero attached hydrogens (tertiary/aromatic N) is 2. The van der Waals surface area contributed by atoms with Gasteiger partial charge in [0, 0.05) is 6.54 Å². The summed E-state index contributed by atoms with van der Waals surface area (Å²) in [6, 6.07) is 11.4. The third kappa shape index (κ3) is 5.54. The van der Waals surface area contributed by atoms with E-state index >= 15 is 0 Å². The van der Waals surface area contributed by atoms with E-state index in [1.54, 1.807) is 19.1 Å². The maximum Gasteiger partial charge on any atom is 0.242 e. The Kier molecular flexibility index (Phi) is 8.26.